The van der Waals surface area contributed by atoms with Gasteiger partial charge in [0.2, 0.25) is 0 Å². The maximum absolute atomic E-state index is 13.8. The van der Waals surface area contributed by atoms with Gasteiger partial charge >= 0.3 is 0 Å². The largest absolute Gasteiger partial charge is 0.366 e. The van der Waals surface area contributed by atoms with Crippen LogP contribution in [0.25, 0.3) is 0 Å². The first-order valence-electron chi connectivity index (χ1n) is 9.00. The fraction of sp³-hybridized carbons (Fsp3) is 0.238. The van der Waals surface area contributed by atoms with E-state index in [2.05, 4.69) is 20.3 Å². The van der Waals surface area contributed by atoms with Gasteiger partial charge in [0.25, 0.3) is 5.91 Å². The fourth-order valence-electron chi connectivity index (χ4n) is 2.74. The highest BCUT2D eigenvalue weighted by molar-refractivity contribution is 5.92. The number of anilines is 1. The molecule has 1 amide bonds. The van der Waals surface area contributed by atoms with E-state index in [0.29, 0.717) is 29.4 Å². The van der Waals surface area contributed by atoms with Crippen LogP contribution in [0.4, 0.5) is 10.2 Å². The van der Waals surface area contributed by atoms with Gasteiger partial charge < -0.3 is 10.2 Å². The number of pyridine rings is 1. The van der Waals surface area contributed by atoms with Gasteiger partial charge in [-0.25, -0.2) is 14.4 Å². The maximum atomic E-state index is 13.8. The Hall–Kier alpha value is -3.35. The van der Waals surface area contributed by atoms with Crippen LogP contribution < -0.4 is 5.32 Å². The molecular formula is C21H22FN5O. The SMILES string of the molecule is Cc1nc(NCc2ccccc2F)cc(C(=O)N(C)CCc2ccncc2)n1. The number of aromatic nitrogens is 3. The third-order valence-electron chi connectivity index (χ3n) is 4.31. The number of benzene rings is 1. The molecule has 2 aromatic heterocycles. The molecule has 1 N–H and O–H groups in total. The molecule has 0 aliphatic carbocycles. The number of rotatable bonds is 7. The van der Waals surface area contributed by atoms with Gasteiger partial charge in [0.15, 0.2) is 0 Å². The molecule has 0 atom stereocenters. The Morgan fingerprint density at radius 2 is 1.89 bits per heavy atom. The third kappa shape index (κ3) is 5.09. The lowest BCUT2D eigenvalue weighted by molar-refractivity contribution is 0.0790. The van der Waals surface area contributed by atoms with Crippen molar-refractivity contribution in [2.45, 2.75) is 19.9 Å². The van der Waals surface area contributed by atoms with Crippen LogP contribution in [0, 0.1) is 12.7 Å². The summed E-state index contributed by atoms with van der Waals surface area (Å²) in [6, 6.07) is 12.0. The average Bonchev–Trinajstić information content (AvgIpc) is 2.71. The minimum absolute atomic E-state index is 0.187. The molecule has 0 bridgehead atoms. The Labute approximate surface area is 163 Å². The average molecular weight is 379 g/mol. The Morgan fingerprint density at radius 1 is 1.14 bits per heavy atom. The first-order valence-corrected chi connectivity index (χ1v) is 9.00. The number of halogens is 1. The van der Waals surface area contributed by atoms with Gasteiger partial charge in [0, 0.05) is 44.2 Å². The van der Waals surface area contributed by atoms with Crippen LogP contribution in [0.5, 0.6) is 0 Å². The van der Waals surface area contributed by atoms with Crippen molar-refractivity contribution < 1.29 is 9.18 Å². The molecule has 7 heteroatoms. The summed E-state index contributed by atoms with van der Waals surface area (Å²) in [6.07, 6.45) is 4.20. The molecule has 3 aromatic rings. The van der Waals surface area contributed by atoms with Crippen molar-refractivity contribution >= 4 is 11.7 Å². The zero-order chi connectivity index (χ0) is 19.9. The van der Waals surface area contributed by atoms with Crippen LogP contribution in [-0.2, 0) is 13.0 Å². The summed E-state index contributed by atoms with van der Waals surface area (Å²) in [7, 11) is 1.74. The van der Waals surface area contributed by atoms with Crippen molar-refractivity contribution in [3.63, 3.8) is 0 Å². The van der Waals surface area contributed by atoms with Gasteiger partial charge in [-0.3, -0.25) is 9.78 Å². The number of nitrogens with one attached hydrogen (secondary N) is 1. The van der Waals surface area contributed by atoms with Gasteiger partial charge in [0.05, 0.1) is 0 Å². The monoisotopic (exact) mass is 379 g/mol. The molecule has 0 aliphatic rings. The summed E-state index contributed by atoms with van der Waals surface area (Å²) in [5, 5.41) is 3.07. The van der Waals surface area contributed by atoms with Gasteiger partial charge in [-0.05, 0) is 37.1 Å². The van der Waals surface area contributed by atoms with E-state index in [-0.39, 0.29) is 18.3 Å². The van der Waals surface area contributed by atoms with Crippen LogP contribution in [0.15, 0.2) is 54.9 Å². The molecule has 28 heavy (non-hydrogen) atoms. The second-order valence-corrected chi connectivity index (χ2v) is 6.46. The van der Waals surface area contributed by atoms with Crippen molar-refractivity contribution in [2.75, 3.05) is 18.9 Å². The predicted octanol–water partition coefficient (Wildman–Crippen LogP) is 3.25. The lowest BCUT2D eigenvalue weighted by atomic mass is 10.2. The van der Waals surface area contributed by atoms with E-state index >= 15 is 0 Å². The smallest absolute Gasteiger partial charge is 0.272 e. The molecule has 0 unspecified atom stereocenters. The van der Waals surface area contributed by atoms with Gasteiger partial charge in [-0.15, -0.1) is 0 Å². The summed E-state index contributed by atoms with van der Waals surface area (Å²) >= 11 is 0. The minimum atomic E-state index is -0.284. The topological polar surface area (TPSA) is 71.0 Å². The Balaban J connectivity index is 1.66. The van der Waals surface area contributed by atoms with Gasteiger partial charge in [-0.1, -0.05) is 18.2 Å². The first-order chi connectivity index (χ1) is 13.5. The molecule has 0 aliphatic heterocycles. The normalized spacial score (nSPS) is 10.5. The number of likely N-dealkylation sites (N-methyl/N-ethyl adjacent to an activating group) is 1. The molecule has 6 nitrogen and oxygen atoms in total. The second-order valence-electron chi connectivity index (χ2n) is 6.46. The molecule has 1 aromatic carbocycles. The van der Waals surface area contributed by atoms with Crippen LogP contribution in [0.1, 0.15) is 27.4 Å². The maximum Gasteiger partial charge on any atom is 0.272 e. The summed E-state index contributed by atoms with van der Waals surface area (Å²) in [4.78, 5) is 26.9. The number of hydrogen-bond donors (Lipinski definition) is 1. The standard InChI is InChI=1S/C21H22FN5O/c1-15-25-19(21(28)27(2)12-9-16-7-10-23-11-8-16)13-20(26-15)24-14-17-5-3-4-6-18(17)22/h3-8,10-11,13H,9,12,14H2,1-2H3,(H,24,25,26). The molecule has 0 saturated heterocycles. The molecule has 144 valence electrons. The Bertz CT molecular complexity index is 949. The highest BCUT2D eigenvalue weighted by Crippen LogP contribution is 2.13. The molecule has 0 radical (unpaired) electrons. The molecule has 0 fully saturated rings. The van der Waals surface area contributed by atoms with E-state index in [0.717, 1.165) is 12.0 Å². The fourth-order valence-corrected chi connectivity index (χ4v) is 2.74. The summed E-state index contributed by atoms with van der Waals surface area (Å²) in [5.74, 6) is 0.493. The van der Waals surface area contributed by atoms with Crippen LogP contribution >= 0.6 is 0 Å². The summed E-state index contributed by atoms with van der Waals surface area (Å²) < 4.78 is 13.8. The predicted molar refractivity (Wildman–Crippen MR) is 105 cm³/mol. The zero-order valence-corrected chi connectivity index (χ0v) is 15.9. The van der Waals surface area contributed by atoms with E-state index in [1.165, 1.54) is 6.07 Å². The van der Waals surface area contributed by atoms with Crippen molar-refractivity contribution in [1.82, 2.24) is 19.9 Å². The van der Waals surface area contributed by atoms with Crippen molar-refractivity contribution in [2.24, 2.45) is 0 Å². The number of nitrogens with zero attached hydrogens (tertiary/aromatic N) is 4. The van der Waals surface area contributed by atoms with Crippen molar-refractivity contribution in [1.29, 1.82) is 0 Å². The number of aryl methyl sites for hydroxylation is 1. The van der Waals surface area contributed by atoms with Crippen molar-refractivity contribution in [3.05, 3.63) is 83.3 Å². The molecule has 0 saturated carbocycles. The number of hydrogen-bond acceptors (Lipinski definition) is 5. The molecule has 2 heterocycles. The molecular weight excluding hydrogens is 357 g/mol. The lowest BCUT2D eigenvalue weighted by Gasteiger charge is -2.17. The third-order valence-corrected chi connectivity index (χ3v) is 4.31. The highest BCUT2D eigenvalue weighted by atomic mass is 19.1. The van der Waals surface area contributed by atoms with E-state index in [1.807, 2.05) is 12.1 Å². The zero-order valence-electron chi connectivity index (χ0n) is 15.9. The quantitative estimate of drug-likeness (QED) is 0.682. The molecule has 3 rings (SSSR count). The van der Waals surface area contributed by atoms with Gasteiger partial charge in [0.1, 0.15) is 23.2 Å². The van der Waals surface area contributed by atoms with E-state index in [9.17, 15) is 9.18 Å². The minimum Gasteiger partial charge on any atom is -0.366 e. The van der Waals surface area contributed by atoms with E-state index < -0.39 is 0 Å². The Kier molecular flexibility index (Phi) is 6.26. The summed E-state index contributed by atoms with van der Waals surface area (Å²) in [5.41, 5.74) is 1.95. The summed E-state index contributed by atoms with van der Waals surface area (Å²) in [6.45, 7) is 2.56. The van der Waals surface area contributed by atoms with Crippen LogP contribution in [0.3, 0.4) is 0 Å². The lowest BCUT2D eigenvalue weighted by Crippen LogP contribution is -2.30. The first kappa shape index (κ1) is 19.4. The van der Waals surface area contributed by atoms with Crippen molar-refractivity contribution in [3.8, 4) is 0 Å². The van der Waals surface area contributed by atoms with Gasteiger partial charge in [-0.2, -0.15) is 0 Å². The van der Waals surface area contributed by atoms with E-state index in [4.69, 9.17) is 0 Å². The van der Waals surface area contributed by atoms with E-state index in [1.54, 1.807) is 55.5 Å². The number of carbonyl (C=O) groups is 1. The second kappa shape index (κ2) is 9.03. The highest BCUT2D eigenvalue weighted by Gasteiger charge is 2.15. The Morgan fingerprint density at radius 3 is 2.64 bits per heavy atom. The number of carbonyl (C=O) groups excluding carboxylic acids is 1. The van der Waals surface area contributed by atoms with Crippen LogP contribution in [0.2, 0.25) is 0 Å². The van der Waals surface area contributed by atoms with Crippen LogP contribution in [-0.4, -0.2) is 39.4 Å². The number of amides is 1. The molecule has 0 spiro atoms.